The fraction of sp³-hybridized carbons (Fsp3) is 0.409. The lowest BCUT2D eigenvalue weighted by molar-refractivity contribution is 0.395. The molecule has 0 saturated carbocycles. The number of benzene rings is 2. The molecule has 0 radical (unpaired) electrons. The summed E-state index contributed by atoms with van der Waals surface area (Å²) in [7, 11) is -1.25. The number of hydrogen-bond acceptors (Lipinski definition) is 3. The van der Waals surface area contributed by atoms with Gasteiger partial charge in [0.25, 0.3) is 0 Å². The second kappa shape index (κ2) is 8.62. The van der Waals surface area contributed by atoms with Crippen molar-refractivity contribution in [1.29, 1.82) is 0 Å². The zero-order chi connectivity index (χ0) is 21.1. The molecule has 0 aliphatic carbocycles. The number of nitrogens with zero attached hydrogens (tertiary/aromatic N) is 1. The van der Waals surface area contributed by atoms with E-state index in [9.17, 15) is 8.42 Å². The molecule has 0 heterocycles. The van der Waals surface area contributed by atoms with Crippen molar-refractivity contribution in [3.8, 4) is 0 Å². The van der Waals surface area contributed by atoms with E-state index in [0.717, 1.165) is 5.56 Å². The van der Waals surface area contributed by atoms with Crippen LogP contribution < -0.4 is 5.32 Å². The lowest BCUT2D eigenvalue weighted by Gasteiger charge is -2.28. The molecular weight excluding hydrogens is 388 g/mol. The van der Waals surface area contributed by atoms with E-state index in [1.165, 1.54) is 17.4 Å². The topological polar surface area (TPSA) is 49.4 Å². The highest BCUT2D eigenvalue weighted by molar-refractivity contribution is 7.90. The summed E-state index contributed by atoms with van der Waals surface area (Å²) < 4.78 is 23.2. The van der Waals surface area contributed by atoms with Crippen molar-refractivity contribution in [2.24, 2.45) is 0 Å². The van der Waals surface area contributed by atoms with Gasteiger partial charge in [-0.1, -0.05) is 57.2 Å². The molecule has 0 amide bonds. The van der Waals surface area contributed by atoms with E-state index in [0.29, 0.717) is 16.6 Å². The van der Waals surface area contributed by atoms with Crippen LogP contribution in [0.1, 0.15) is 50.4 Å². The Morgan fingerprint density at radius 2 is 1.61 bits per heavy atom. The van der Waals surface area contributed by atoms with Crippen LogP contribution in [0, 0.1) is 0 Å². The van der Waals surface area contributed by atoms with Crippen LogP contribution in [0.2, 0.25) is 0 Å². The summed E-state index contributed by atoms with van der Waals surface area (Å²) >= 11 is 5.54. The average molecular weight is 419 g/mol. The summed E-state index contributed by atoms with van der Waals surface area (Å²) in [5, 5.41) is 3.96. The van der Waals surface area contributed by atoms with E-state index in [2.05, 4.69) is 50.4 Å². The first-order valence-electron chi connectivity index (χ1n) is 9.29. The van der Waals surface area contributed by atoms with Crippen molar-refractivity contribution in [3.05, 3.63) is 65.2 Å². The van der Waals surface area contributed by atoms with Crippen molar-refractivity contribution < 1.29 is 8.42 Å². The number of rotatable bonds is 5. The predicted octanol–water partition coefficient (Wildman–Crippen LogP) is 4.46. The van der Waals surface area contributed by atoms with Crippen LogP contribution in [0.25, 0.3) is 0 Å². The van der Waals surface area contributed by atoms with Crippen molar-refractivity contribution in [3.63, 3.8) is 0 Å². The molecule has 152 valence electrons. The van der Waals surface area contributed by atoms with Crippen LogP contribution in [0.15, 0.2) is 53.4 Å². The zero-order valence-corrected chi connectivity index (χ0v) is 19.1. The van der Waals surface area contributed by atoms with E-state index in [-0.39, 0.29) is 11.5 Å². The molecule has 4 nitrogen and oxygen atoms in total. The minimum absolute atomic E-state index is 0.0249. The fourth-order valence-electron chi connectivity index (χ4n) is 2.82. The third kappa shape index (κ3) is 5.79. The number of hydrogen-bond donors (Lipinski definition) is 1. The Hall–Kier alpha value is -1.92. The van der Waals surface area contributed by atoms with Crippen LogP contribution in [0.3, 0.4) is 0 Å². The van der Waals surface area contributed by atoms with Crippen LogP contribution in [0.5, 0.6) is 0 Å². The monoisotopic (exact) mass is 418 g/mol. The van der Waals surface area contributed by atoms with Crippen LogP contribution in [0.4, 0.5) is 0 Å². The highest BCUT2D eigenvalue weighted by Crippen LogP contribution is 2.23. The minimum atomic E-state index is -3.19. The van der Waals surface area contributed by atoms with Gasteiger partial charge in [-0.3, -0.25) is 0 Å². The Morgan fingerprint density at radius 1 is 1.07 bits per heavy atom. The van der Waals surface area contributed by atoms with Crippen LogP contribution >= 0.6 is 12.2 Å². The lowest BCUT2D eigenvalue weighted by Crippen LogP contribution is -2.38. The SMILES string of the molecule is CC(c1ccc(S(C)(=O)=O)cc1)N(C)C(=S)NCc1ccc(C(C)(C)C)cc1. The largest absolute Gasteiger partial charge is 0.358 e. The first-order chi connectivity index (χ1) is 12.9. The molecule has 2 aromatic carbocycles. The van der Waals surface area contributed by atoms with Gasteiger partial charge < -0.3 is 10.2 Å². The van der Waals surface area contributed by atoms with Crippen LogP contribution in [-0.2, 0) is 21.8 Å². The van der Waals surface area contributed by atoms with Crippen molar-refractivity contribution in [1.82, 2.24) is 10.2 Å². The van der Waals surface area contributed by atoms with Gasteiger partial charge >= 0.3 is 0 Å². The van der Waals surface area contributed by atoms with E-state index < -0.39 is 9.84 Å². The predicted molar refractivity (Wildman–Crippen MR) is 120 cm³/mol. The van der Waals surface area contributed by atoms with Gasteiger partial charge in [0.05, 0.1) is 10.9 Å². The summed E-state index contributed by atoms with van der Waals surface area (Å²) in [5.41, 5.74) is 3.63. The molecule has 1 N–H and O–H groups in total. The Balaban J connectivity index is 1.98. The molecule has 0 spiro atoms. The number of nitrogens with one attached hydrogen (secondary N) is 1. The van der Waals surface area contributed by atoms with Gasteiger partial charge in [-0.25, -0.2) is 8.42 Å². The molecular formula is C22H30N2O2S2. The van der Waals surface area contributed by atoms with Gasteiger partial charge in [-0.2, -0.15) is 0 Å². The highest BCUT2D eigenvalue weighted by atomic mass is 32.2. The van der Waals surface area contributed by atoms with E-state index in [1.807, 2.05) is 31.0 Å². The van der Waals surface area contributed by atoms with Crippen LogP contribution in [-0.4, -0.2) is 31.7 Å². The molecule has 0 saturated heterocycles. The van der Waals surface area contributed by atoms with Gasteiger partial charge in [-0.15, -0.1) is 0 Å². The second-order valence-electron chi connectivity index (χ2n) is 8.23. The minimum Gasteiger partial charge on any atom is -0.358 e. The smallest absolute Gasteiger partial charge is 0.175 e. The van der Waals surface area contributed by atoms with Gasteiger partial charge in [0.2, 0.25) is 0 Å². The van der Waals surface area contributed by atoms with Gasteiger partial charge in [-0.05, 0) is 53.4 Å². The lowest BCUT2D eigenvalue weighted by atomic mass is 9.87. The second-order valence-corrected chi connectivity index (χ2v) is 10.6. The molecule has 0 bridgehead atoms. The summed E-state index contributed by atoms with van der Waals surface area (Å²) in [4.78, 5) is 2.31. The quantitative estimate of drug-likeness (QED) is 0.727. The Morgan fingerprint density at radius 3 is 2.07 bits per heavy atom. The molecule has 28 heavy (non-hydrogen) atoms. The molecule has 1 atom stereocenters. The average Bonchev–Trinajstić information content (AvgIpc) is 2.64. The van der Waals surface area contributed by atoms with Gasteiger partial charge in [0.1, 0.15) is 0 Å². The molecule has 6 heteroatoms. The molecule has 2 rings (SSSR count). The summed E-state index contributed by atoms with van der Waals surface area (Å²) in [5.74, 6) is 0. The van der Waals surface area contributed by atoms with E-state index >= 15 is 0 Å². The first kappa shape index (κ1) is 22.4. The molecule has 0 fully saturated rings. The Labute approximate surface area is 174 Å². The fourth-order valence-corrected chi connectivity index (χ4v) is 3.68. The van der Waals surface area contributed by atoms with Gasteiger partial charge in [0, 0.05) is 19.8 Å². The maximum Gasteiger partial charge on any atom is 0.175 e. The van der Waals surface area contributed by atoms with E-state index in [4.69, 9.17) is 12.2 Å². The third-order valence-corrected chi connectivity index (χ3v) is 6.52. The number of sulfone groups is 1. The Kier molecular flexibility index (Phi) is 6.88. The third-order valence-electron chi connectivity index (χ3n) is 4.96. The normalized spacial score (nSPS) is 13.1. The Bertz CT molecular complexity index is 913. The van der Waals surface area contributed by atoms with Crippen molar-refractivity contribution in [2.75, 3.05) is 13.3 Å². The molecule has 1 unspecified atom stereocenters. The summed E-state index contributed by atoms with van der Waals surface area (Å²) in [6.45, 7) is 9.31. The number of thiocarbonyl (C=S) groups is 1. The summed E-state index contributed by atoms with van der Waals surface area (Å²) in [6, 6.07) is 15.6. The van der Waals surface area contributed by atoms with Gasteiger partial charge in [0.15, 0.2) is 14.9 Å². The molecule has 0 aliphatic rings. The first-order valence-corrected chi connectivity index (χ1v) is 11.6. The van der Waals surface area contributed by atoms with E-state index in [1.54, 1.807) is 12.1 Å². The maximum atomic E-state index is 11.6. The maximum absolute atomic E-state index is 11.6. The molecule has 0 aromatic heterocycles. The standard InChI is InChI=1S/C22H30N2O2S2/c1-16(18-9-13-20(14-10-18)28(6,25)26)24(5)21(27)23-15-17-7-11-19(12-8-17)22(2,3)4/h7-14,16H,15H2,1-6H3,(H,23,27). The molecule has 0 aliphatic heterocycles. The molecule has 2 aromatic rings. The van der Waals surface area contributed by atoms with Crippen molar-refractivity contribution in [2.45, 2.75) is 50.6 Å². The zero-order valence-electron chi connectivity index (χ0n) is 17.5. The summed E-state index contributed by atoms with van der Waals surface area (Å²) in [6.07, 6.45) is 1.21. The van der Waals surface area contributed by atoms with Crippen molar-refractivity contribution >= 4 is 27.2 Å². The highest BCUT2D eigenvalue weighted by Gasteiger charge is 2.16.